The molecule has 3 nitrogen and oxygen atoms in total. The van der Waals surface area contributed by atoms with Crippen molar-refractivity contribution in [3.8, 4) is 0 Å². The van der Waals surface area contributed by atoms with Gasteiger partial charge in [-0.05, 0) is 49.1 Å². The van der Waals surface area contributed by atoms with Gasteiger partial charge in [0, 0.05) is 6.54 Å². The second-order valence-electron chi connectivity index (χ2n) is 5.50. The first kappa shape index (κ1) is 12.0. The van der Waals surface area contributed by atoms with Crippen molar-refractivity contribution in [3.05, 3.63) is 47.5 Å². The van der Waals surface area contributed by atoms with Crippen LogP contribution >= 0.6 is 0 Å². The number of hydrogen-bond acceptors (Lipinski definition) is 3. The number of sulfone groups is 1. The van der Waals surface area contributed by atoms with Crippen molar-refractivity contribution in [3.63, 3.8) is 0 Å². The Labute approximate surface area is 118 Å². The van der Waals surface area contributed by atoms with E-state index in [1.165, 1.54) is 0 Å². The average Bonchev–Trinajstić information content (AvgIpc) is 2.44. The molecule has 0 aromatic heterocycles. The predicted molar refractivity (Wildman–Crippen MR) is 78.4 cm³/mol. The number of fused-ring (bicyclic) bond motifs is 2. The van der Waals surface area contributed by atoms with Crippen LogP contribution in [0.15, 0.2) is 46.2 Å². The predicted octanol–water partition coefficient (Wildman–Crippen LogP) is 3.23. The average molecular weight is 285 g/mol. The molecule has 2 aliphatic heterocycles. The fourth-order valence-corrected chi connectivity index (χ4v) is 5.11. The molecule has 0 N–H and O–H groups in total. The van der Waals surface area contributed by atoms with E-state index in [9.17, 15) is 8.42 Å². The van der Waals surface area contributed by atoms with Crippen LogP contribution in [0.3, 0.4) is 0 Å². The lowest BCUT2D eigenvalue weighted by Gasteiger charge is -2.37. The van der Waals surface area contributed by atoms with Crippen molar-refractivity contribution >= 4 is 21.2 Å². The molecular formula is C16H15NO2S. The zero-order valence-corrected chi connectivity index (χ0v) is 12.1. The van der Waals surface area contributed by atoms with Crippen molar-refractivity contribution in [1.29, 1.82) is 0 Å². The third kappa shape index (κ3) is 1.43. The molecule has 0 aliphatic carbocycles. The zero-order valence-electron chi connectivity index (χ0n) is 11.3. The molecule has 0 unspecified atom stereocenters. The summed E-state index contributed by atoms with van der Waals surface area (Å²) in [6, 6.07) is 11.2. The molecule has 4 heteroatoms. The number of hydrogen-bond donors (Lipinski definition) is 0. The monoisotopic (exact) mass is 285 g/mol. The Hall–Kier alpha value is -1.81. The Kier molecular flexibility index (Phi) is 2.31. The summed E-state index contributed by atoms with van der Waals surface area (Å²) >= 11 is 0. The van der Waals surface area contributed by atoms with Crippen LogP contribution in [0.5, 0.6) is 0 Å². The highest BCUT2D eigenvalue weighted by Gasteiger charge is 2.36. The third-order valence-electron chi connectivity index (χ3n) is 4.13. The lowest BCUT2D eigenvalue weighted by molar-refractivity contribution is 0.592. The first-order chi connectivity index (χ1) is 9.59. The van der Waals surface area contributed by atoms with Gasteiger partial charge in [0.25, 0.3) is 0 Å². The van der Waals surface area contributed by atoms with Gasteiger partial charge >= 0.3 is 0 Å². The van der Waals surface area contributed by atoms with Crippen molar-refractivity contribution in [2.75, 3.05) is 11.4 Å². The fourth-order valence-electron chi connectivity index (χ4n) is 3.33. The van der Waals surface area contributed by atoms with Gasteiger partial charge in [-0.3, -0.25) is 0 Å². The number of nitrogens with zero attached hydrogens (tertiary/aromatic N) is 1. The summed E-state index contributed by atoms with van der Waals surface area (Å²) in [7, 11) is -3.40. The Morgan fingerprint density at radius 3 is 2.75 bits per heavy atom. The molecule has 2 aliphatic rings. The van der Waals surface area contributed by atoms with Gasteiger partial charge in [-0.2, -0.15) is 0 Å². The van der Waals surface area contributed by atoms with Gasteiger partial charge in [0.1, 0.15) is 0 Å². The molecule has 102 valence electrons. The van der Waals surface area contributed by atoms with Gasteiger partial charge in [-0.15, -0.1) is 0 Å². The van der Waals surface area contributed by atoms with Crippen LogP contribution in [0.2, 0.25) is 0 Å². The van der Waals surface area contributed by atoms with Gasteiger partial charge in [-0.25, -0.2) is 8.42 Å². The van der Waals surface area contributed by atoms with Gasteiger partial charge < -0.3 is 4.90 Å². The summed E-state index contributed by atoms with van der Waals surface area (Å²) in [5, 5.41) is 0. The fraction of sp³-hybridized carbons (Fsp3) is 0.250. The highest BCUT2D eigenvalue weighted by atomic mass is 32.2. The number of anilines is 2. The van der Waals surface area contributed by atoms with Crippen LogP contribution in [0.1, 0.15) is 17.5 Å². The van der Waals surface area contributed by atoms with E-state index in [-0.39, 0.29) is 0 Å². The van der Waals surface area contributed by atoms with Crippen molar-refractivity contribution in [2.45, 2.75) is 29.6 Å². The first-order valence-electron chi connectivity index (χ1n) is 6.84. The molecule has 2 heterocycles. The largest absolute Gasteiger partial charge is 0.339 e. The molecule has 20 heavy (non-hydrogen) atoms. The van der Waals surface area contributed by atoms with Crippen LogP contribution in [-0.4, -0.2) is 15.0 Å². The Bertz CT molecular complexity index is 824. The summed E-state index contributed by atoms with van der Waals surface area (Å²) in [5.74, 6) is 0. The molecule has 0 atom stereocenters. The molecule has 4 rings (SSSR count). The number of benzene rings is 2. The number of para-hydroxylation sites is 1. The van der Waals surface area contributed by atoms with E-state index in [4.69, 9.17) is 0 Å². The van der Waals surface area contributed by atoms with E-state index < -0.39 is 9.84 Å². The maximum atomic E-state index is 12.9. The third-order valence-corrected chi connectivity index (χ3v) is 5.95. The van der Waals surface area contributed by atoms with Crippen molar-refractivity contribution in [2.24, 2.45) is 0 Å². The summed E-state index contributed by atoms with van der Waals surface area (Å²) in [4.78, 5) is 3.08. The first-order valence-corrected chi connectivity index (χ1v) is 8.32. The summed E-state index contributed by atoms with van der Waals surface area (Å²) in [6.07, 6.45) is 2.02. The SMILES string of the molecule is Cc1cc2c3c(c1)S(=O)(=O)c1ccccc1N3CCC2. The maximum absolute atomic E-state index is 12.9. The molecule has 2 aromatic rings. The molecule has 0 amide bonds. The molecule has 0 radical (unpaired) electrons. The van der Waals surface area contributed by atoms with E-state index in [0.717, 1.165) is 41.9 Å². The molecule has 0 saturated carbocycles. The van der Waals surface area contributed by atoms with Gasteiger partial charge in [0.2, 0.25) is 9.84 Å². The van der Waals surface area contributed by atoms with Crippen LogP contribution in [0.4, 0.5) is 11.4 Å². The van der Waals surface area contributed by atoms with E-state index in [0.29, 0.717) is 9.79 Å². The zero-order chi connectivity index (χ0) is 13.9. The van der Waals surface area contributed by atoms with Gasteiger partial charge in [0.15, 0.2) is 0 Å². The van der Waals surface area contributed by atoms with Crippen LogP contribution in [0.25, 0.3) is 0 Å². The van der Waals surface area contributed by atoms with E-state index in [1.807, 2.05) is 25.1 Å². The normalized spacial score (nSPS) is 18.4. The van der Waals surface area contributed by atoms with Crippen molar-refractivity contribution < 1.29 is 8.42 Å². The van der Waals surface area contributed by atoms with Gasteiger partial charge in [-0.1, -0.05) is 18.2 Å². The Morgan fingerprint density at radius 1 is 1.10 bits per heavy atom. The minimum absolute atomic E-state index is 0.436. The second kappa shape index (κ2) is 3.85. The topological polar surface area (TPSA) is 37.4 Å². The highest BCUT2D eigenvalue weighted by Crippen LogP contribution is 2.47. The quantitative estimate of drug-likeness (QED) is 0.746. The Balaban J connectivity index is 2.15. The lowest BCUT2D eigenvalue weighted by atomic mass is 9.98. The molecule has 2 aromatic carbocycles. The van der Waals surface area contributed by atoms with Crippen LogP contribution in [0, 0.1) is 6.92 Å². The maximum Gasteiger partial charge on any atom is 0.210 e. The minimum Gasteiger partial charge on any atom is -0.339 e. The number of aryl methyl sites for hydroxylation is 2. The molecule has 0 bridgehead atoms. The highest BCUT2D eigenvalue weighted by molar-refractivity contribution is 7.92. The summed E-state index contributed by atoms with van der Waals surface area (Å²) < 4.78 is 25.7. The summed E-state index contributed by atoms with van der Waals surface area (Å²) in [5.41, 5.74) is 3.90. The second-order valence-corrected chi connectivity index (χ2v) is 7.38. The molecular weight excluding hydrogens is 270 g/mol. The van der Waals surface area contributed by atoms with E-state index in [1.54, 1.807) is 12.1 Å². The van der Waals surface area contributed by atoms with E-state index in [2.05, 4.69) is 11.0 Å². The Morgan fingerprint density at radius 2 is 1.90 bits per heavy atom. The minimum atomic E-state index is -3.40. The molecule has 0 saturated heterocycles. The molecule has 0 spiro atoms. The van der Waals surface area contributed by atoms with Crippen molar-refractivity contribution in [1.82, 2.24) is 0 Å². The van der Waals surface area contributed by atoms with Gasteiger partial charge in [0.05, 0.1) is 21.2 Å². The number of rotatable bonds is 0. The smallest absolute Gasteiger partial charge is 0.210 e. The van der Waals surface area contributed by atoms with E-state index >= 15 is 0 Å². The lowest BCUT2D eigenvalue weighted by Crippen LogP contribution is -2.31. The van der Waals surface area contributed by atoms with Crippen LogP contribution < -0.4 is 4.90 Å². The standard InChI is InChI=1S/C16H15NO2S/c1-11-9-12-5-4-8-17-13-6-2-3-7-14(13)20(18,19)15(10-11)16(12)17/h2-3,6-7,9-10H,4-5,8H2,1H3. The summed E-state index contributed by atoms with van der Waals surface area (Å²) in [6.45, 7) is 2.85. The van der Waals surface area contributed by atoms with Crippen LogP contribution in [-0.2, 0) is 16.3 Å². The molecule has 0 fully saturated rings.